The zero-order valence-electron chi connectivity index (χ0n) is 29.3. The summed E-state index contributed by atoms with van der Waals surface area (Å²) in [5.41, 5.74) is 4.59. The van der Waals surface area contributed by atoms with Crippen LogP contribution >= 0.6 is 0 Å². The second-order valence-electron chi connectivity index (χ2n) is 13.5. The largest absolute Gasteiger partial charge is 0.490 e. The number of nitrogens with one attached hydrogen (secondary N) is 2. The Morgan fingerprint density at radius 3 is 2.41 bits per heavy atom. The third-order valence-electron chi connectivity index (χ3n) is 8.08. The number of unbranched alkanes of at least 4 members (excludes halogenated alkanes) is 1. The first-order valence-corrected chi connectivity index (χ1v) is 16.9. The van der Waals surface area contributed by atoms with Gasteiger partial charge in [0.2, 0.25) is 0 Å². The molecule has 0 bridgehead atoms. The van der Waals surface area contributed by atoms with Gasteiger partial charge in [0.1, 0.15) is 23.8 Å². The Morgan fingerprint density at radius 2 is 1.71 bits per heavy atom. The van der Waals surface area contributed by atoms with Gasteiger partial charge in [-0.05, 0) is 66.6 Å². The molecular weight excluding hydrogens is 614 g/mol. The maximum Gasteiger partial charge on any atom is 0.323 e. The van der Waals surface area contributed by atoms with Crippen molar-refractivity contribution < 1.29 is 14.3 Å². The normalized spacial score (nSPS) is 11.4. The van der Waals surface area contributed by atoms with E-state index in [-0.39, 0.29) is 22.8 Å². The molecule has 5 rings (SSSR count). The Labute approximate surface area is 288 Å². The number of pyridine rings is 1. The quantitative estimate of drug-likeness (QED) is 0.131. The van der Waals surface area contributed by atoms with Gasteiger partial charge in [-0.1, -0.05) is 76.6 Å². The lowest BCUT2D eigenvalue weighted by Crippen LogP contribution is -2.29. The molecule has 0 saturated carbocycles. The van der Waals surface area contributed by atoms with Crippen molar-refractivity contribution in [1.29, 1.82) is 0 Å². The number of hydrogen-bond donors (Lipinski definition) is 2. The maximum atomic E-state index is 14.0. The van der Waals surface area contributed by atoms with Gasteiger partial charge in [-0.15, -0.1) is 0 Å². The van der Waals surface area contributed by atoms with Crippen LogP contribution in [0, 0.1) is 0 Å². The lowest BCUT2D eigenvalue weighted by atomic mass is 9.85. The molecule has 256 valence electrons. The van der Waals surface area contributed by atoms with Crippen LogP contribution in [-0.2, 0) is 25.1 Å². The van der Waals surface area contributed by atoms with E-state index in [0.717, 1.165) is 29.5 Å². The number of carbonyl (C=O) groups excluding carboxylic acids is 1. The monoisotopic (exact) mass is 661 g/mol. The van der Waals surface area contributed by atoms with Gasteiger partial charge >= 0.3 is 6.03 Å². The van der Waals surface area contributed by atoms with Crippen LogP contribution in [-0.4, -0.2) is 26.3 Å². The first-order chi connectivity index (χ1) is 23.5. The summed E-state index contributed by atoms with van der Waals surface area (Å²) < 4.78 is 16.0. The molecule has 3 aromatic carbocycles. The van der Waals surface area contributed by atoms with Crippen molar-refractivity contribution in [3.63, 3.8) is 0 Å². The van der Waals surface area contributed by atoms with E-state index in [1.165, 1.54) is 0 Å². The number of nitrogens with zero attached hydrogens (tertiary/aromatic N) is 3. The van der Waals surface area contributed by atoms with Crippen LogP contribution in [0.4, 0.5) is 16.2 Å². The van der Waals surface area contributed by atoms with E-state index in [1.54, 1.807) is 23.3 Å². The molecular formula is C40H47N5O4. The molecule has 9 heteroatoms. The van der Waals surface area contributed by atoms with Gasteiger partial charge < -0.3 is 29.2 Å². The highest BCUT2D eigenvalue weighted by Gasteiger charge is 2.22. The molecule has 2 heterocycles. The minimum atomic E-state index is -0.508. The highest BCUT2D eigenvalue weighted by Crippen LogP contribution is 2.38. The molecule has 0 saturated heterocycles. The van der Waals surface area contributed by atoms with E-state index in [0.29, 0.717) is 48.0 Å². The van der Waals surface area contributed by atoms with E-state index in [9.17, 15) is 9.59 Å². The third-order valence-corrected chi connectivity index (χ3v) is 8.08. The van der Waals surface area contributed by atoms with Gasteiger partial charge in [-0.2, -0.15) is 0 Å². The lowest BCUT2D eigenvalue weighted by molar-refractivity contribution is 0.240. The molecule has 2 N–H and O–H groups in total. The first-order valence-electron chi connectivity index (χ1n) is 16.9. The van der Waals surface area contributed by atoms with E-state index >= 15 is 0 Å². The van der Waals surface area contributed by atoms with Crippen LogP contribution < -0.4 is 25.7 Å². The van der Waals surface area contributed by atoms with Crippen LogP contribution in [0.2, 0.25) is 0 Å². The minimum Gasteiger partial charge on any atom is -0.490 e. The highest BCUT2D eigenvalue weighted by molar-refractivity contribution is 6.03. The fourth-order valence-electron chi connectivity index (χ4n) is 5.64. The van der Waals surface area contributed by atoms with E-state index in [4.69, 9.17) is 9.47 Å². The zero-order valence-corrected chi connectivity index (χ0v) is 29.3. The zero-order chi connectivity index (χ0) is 35.0. The van der Waals surface area contributed by atoms with Gasteiger partial charge in [0.15, 0.2) is 0 Å². The number of aromatic nitrogens is 3. The van der Waals surface area contributed by atoms with Gasteiger partial charge in [0, 0.05) is 54.6 Å². The Hall–Kier alpha value is -5.31. The summed E-state index contributed by atoms with van der Waals surface area (Å²) in [5.74, 6) is 1.19. The number of amides is 2. The molecule has 0 spiro atoms. The molecule has 5 aromatic rings. The van der Waals surface area contributed by atoms with Gasteiger partial charge in [-0.3, -0.25) is 4.79 Å². The molecule has 0 radical (unpaired) electrons. The van der Waals surface area contributed by atoms with Crippen molar-refractivity contribution in [2.45, 2.75) is 85.6 Å². The van der Waals surface area contributed by atoms with Crippen molar-refractivity contribution in [2.24, 2.45) is 0 Å². The third kappa shape index (κ3) is 9.19. The molecule has 2 amide bonds. The van der Waals surface area contributed by atoms with Gasteiger partial charge in [0.25, 0.3) is 5.56 Å². The SMILES string of the molecule is CCCCn1ccc(-c2ccc(OCc3ccccc3)cc2OC(C)C)c(NC(=O)Nc2cc(Cn3ccnc3)ccc2C(C)(C)C)c1=O. The molecule has 49 heavy (non-hydrogen) atoms. The smallest absolute Gasteiger partial charge is 0.323 e. The van der Waals surface area contributed by atoms with Crippen molar-refractivity contribution in [3.05, 3.63) is 125 Å². The first kappa shape index (κ1) is 35.0. The maximum absolute atomic E-state index is 14.0. The number of rotatable bonds is 13. The average molecular weight is 662 g/mol. The number of urea groups is 1. The second kappa shape index (κ2) is 15.7. The molecule has 0 unspecified atom stereocenters. The van der Waals surface area contributed by atoms with Crippen molar-refractivity contribution >= 4 is 17.4 Å². The van der Waals surface area contributed by atoms with Crippen molar-refractivity contribution in [2.75, 3.05) is 10.6 Å². The Balaban J connectivity index is 1.50. The summed E-state index contributed by atoms with van der Waals surface area (Å²) in [7, 11) is 0. The van der Waals surface area contributed by atoms with Crippen molar-refractivity contribution in [1.82, 2.24) is 14.1 Å². The molecule has 0 fully saturated rings. The molecule has 9 nitrogen and oxygen atoms in total. The van der Waals surface area contributed by atoms with Gasteiger partial charge in [0.05, 0.1) is 12.4 Å². The second-order valence-corrected chi connectivity index (χ2v) is 13.5. The Bertz CT molecular complexity index is 1910. The number of ether oxygens (including phenoxy) is 2. The molecule has 0 aliphatic rings. The molecule has 2 aromatic heterocycles. The lowest BCUT2D eigenvalue weighted by Gasteiger charge is -2.24. The van der Waals surface area contributed by atoms with E-state index in [2.05, 4.69) is 49.4 Å². The number of benzene rings is 3. The Morgan fingerprint density at radius 1 is 0.918 bits per heavy atom. The standard InChI is InChI=1S/C40H47N5O4/c1-7-8-20-45-21-18-33(32-16-15-31(24-36(32)49-28(2)3)48-26-29-12-10-9-11-13-29)37(38(45)46)43-39(47)42-35-23-30(25-44-22-19-41-27-44)14-17-34(35)40(4,5)6/h9-19,21-24,27-28H,7-8,20,25-26H2,1-6H3,(H2,42,43,47). The number of carbonyl (C=O) groups is 1. The Kier molecular flexibility index (Phi) is 11.2. The summed E-state index contributed by atoms with van der Waals surface area (Å²) in [6.45, 7) is 13.8. The highest BCUT2D eigenvalue weighted by atomic mass is 16.5. The predicted octanol–water partition coefficient (Wildman–Crippen LogP) is 8.87. The fraction of sp³-hybridized carbons (Fsp3) is 0.325. The average Bonchev–Trinajstić information content (AvgIpc) is 3.57. The molecule has 0 aliphatic heterocycles. The predicted molar refractivity (Wildman–Crippen MR) is 197 cm³/mol. The van der Waals surface area contributed by atoms with Crippen LogP contribution in [0.1, 0.15) is 71.1 Å². The topological polar surface area (TPSA) is 99.4 Å². The molecule has 0 atom stereocenters. The minimum absolute atomic E-state index is 0.141. The van der Waals surface area contributed by atoms with Crippen LogP contribution in [0.15, 0.2) is 103 Å². The van der Waals surface area contributed by atoms with E-state index in [1.807, 2.05) is 91.3 Å². The fourth-order valence-corrected chi connectivity index (χ4v) is 5.64. The number of anilines is 2. The van der Waals surface area contributed by atoms with Crippen LogP contribution in [0.25, 0.3) is 11.1 Å². The number of imidazole rings is 1. The summed E-state index contributed by atoms with van der Waals surface area (Å²) in [4.78, 5) is 32.0. The summed E-state index contributed by atoms with van der Waals surface area (Å²) in [6, 6.07) is 23.0. The number of aryl methyl sites for hydroxylation is 1. The summed E-state index contributed by atoms with van der Waals surface area (Å²) >= 11 is 0. The summed E-state index contributed by atoms with van der Waals surface area (Å²) in [5, 5.41) is 6.01. The van der Waals surface area contributed by atoms with Crippen LogP contribution in [0.3, 0.4) is 0 Å². The van der Waals surface area contributed by atoms with Crippen LogP contribution in [0.5, 0.6) is 11.5 Å². The van der Waals surface area contributed by atoms with Gasteiger partial charge in [-0.25, -0.2) is 9.78 Å². The summed E-state index contributed by atoms with van der Waals surface area (Å²) in [6.07, 6.45) is 8.81. The van der Waals surface area contributed by atoms with Crippen molar-refractivity contribution in [3.8, 4) is 22.6 Å². The molecule has 0 aliphatic carbocycles. The number of hydrogen-bond acceptors (Lipinski definition) is 5. The van der Waals surface area contributed by atoms with E-state index < -0.39 is 6.03 Å².